The molecule has 1 aliphatic rings. The average Bonchev–Trinajstić information content (AvgIpc) is 2.27. The van der Waals surface area contributed by atoms with Crippen LogP contribution in [0, 0.1) is 5.92 Å². The molecule has 0 amide bonds. The third-order valence-electron chi connectivity index (χ3n) is 3.67. The number of benzene rings is 1. The molecule has 0 aliphatic heterocycles. The smallest absolute Gasteiger partial charge is 0.0540 e. The van der Waals surface area contributed by atoms with Gasteiger partial charge in [0.25, 0.3) is 0 Å². The summed E-state index contributed by atoms with van der Waals surface area (Å²) in [7, 11) is 0. The van der Waals surface area contributed by atoms with Gasteiger partial charge in [0.15, 0.2) is 0 Å². The summed E-state index contributed by atoms with van der Waals surface area (Å²) in [6.45, 7) is 0. The molecule has 0 unspecified atom stereocenters. The number of hydrogen-bond acceptors (Lipinski definition) is 1. The van der Waals surface area contributed by atoms with Crippen molar-refractivity contribution in [2.24, 2.45) is 5.92 Å². The Morgan fingerprint density at radius 3 is 2.19 bits per heavy atom. The molecule has 0 aromatic heterocycles. The van der Waals surface area contributed by atoms with E-state index in [2.05, 4.69) is 30.3 Å². The lowest BCUT2D eigenvalue weighted by Gasteiger charge is -2.22. The van der Waals surface area contributed by atoms with Gasteiger partial charge in [0.05, 0.1) is 6.10 Å². The highest BCUT2D eigenvalue weighted by molar-refractivity contribution is 5.15. The van der Waals surface area contributed by atoms with Gasteiger partial charge in [-0.1, -0.05) is 56.0 Å². The van der Waals surface area contributed by atoms with Crippen LogP contribution < -0.4 is 0 Å². The van der Waals surface area contributed by atoms with Gasteiger partial charge < -0.3 is 5.11 Å². The van der Waals surface area contributed by atoms with E-state index in [1.54, 1.807) is 0 Å². The fraction of sp³-hybridized carbons (Fsp3) is 0.600. The Hall–Kier alpha value is -0.820. The molecule has 0 radical (unpaired) electrons. The number of aliphatic hydroxyl groups is 1. The Bertz CT molecular complexity index is 284. The maximum absolute atomic E-state index is 9.59. The lowest BCUT2D eigenvalue weighted by atomic mass is 9.86. The molecule has 0 heterocycles. The summed E-state index contributed by atoms with van der Waals surface area (Å²) >= 11 is 0. The maximum Gasteiger partial charge on any atom is 0.0540 e. The van der Waals surface area contributed by atoms with E-state index in [4.69, 9.17) is 0 Å². The van der Waals surface area contributed by atoms with Crippen molar-refractivity contribution >= 4 is 0 Å². The van der Waals surface area contributed by atoms with Crippen molar-refractivity contribution in [3.8, 4) is 0 Å². The van der Waals surface area contributed by atoms with E-state index in [1.165, 1.54) is 37.7 Å². The molecule has 1 nitrogen and oxygen atoms in total. The molecule has 0 saturated heterocycles. The summed E-state index contributed by atoms with van der Waals surface area (Å²) in [5, 5.41) is 9.59. The normalized spacial score (nSPS) is 27.1. The summed E-state index contributed by atoms with van der Waals surface area (Å²) in [5.74, 6) is 0.829. The monoisotopic (exact) mass is 218 g/mol. The van der Waals surface area contributed by atoms with Crippen LogP contribution in [0.1, 0.15) is 44.1 Å². The second-order valence-electron chi connectivity index (χ2n) is 5.07. The highest BCUT2D eigenvalue weighted by atomic mass is 16.3. The molecule has 1 saturated carbocycles. The van der Waals surface area contributed by atoms with Crippen molar-refractivity contribution in [1.82, 2.24) is 0 Å². The van der Waals surface area contributed by atoms with E-state index >= 15 is 0 Å². The van der Waals surface area contributed by atoms with Crippen LogP contribution >= 0.6 is 0 Å². The first-order valence-corrected chi connectivity index (χ1v) is 6.56. The van der Waals surface area contributed by atoms with Crippen LogP contribution in [0.3, 0.4) is 0 Å². The first-order chi connectivity index (χ1) is 7.84. The second-order valence-corrected chi connectivity index (χ2v) is 5.07. The molecule has 1 fully saturated rings. The zero-order valence-electron chi connectivity index (χ0n) is 9.94. The van der Waals surface area contributed by atoms with Gasteiger partial charge in [-0.2, -0.15) is 0 Å². The van der Waals surface area contributed by atoms with Crippen LogP contribution in [0.25, 0.3) is 0 Å². The largest absolute Gasteiger partial charge is 0.393 e. The van der Waals surface area contributed by atoms with Gasteiger partial charge in [0, 0.05) is 0 Å². The highest BCUT2D eigenvalue weighted by Gasteiger charge is 2.15. The molecule has 2 rings (SSSR count). The molecular formula is C15H22O. The highest BCUT2D eigenvalue weighted by Crippen LogP contribution is 2.25. The molecule has 1 aliphatic carbocycles. The minimum atomic E-state index is -0.0299. The number of hydrogen-bond donors (Lipinski definition) is 1. The standard InChI is InChI=1S/C15H22O/c16-15-10-4-8-14(9-5-11-15)12-13-6-2-1-3-7-13/h1-3,6-7,14-16H,4-5,8-12H2. The van der Waals surface area contributed by atoms with E-state index in [-0.39, 0.29) is 6.10 Å². The van der Waals surface area contributed by atoms with Crippen molar-refractivity contribution in [2.45, 2.75) is 51.0 Å². The molecular weight excluding hydrogens is 196 g/mol. The molecule has 0 bridgehead atoms. The Morgan fingerprint density at radius 1 is 0.938 bits per heavy atom. The first-order valence-electron chi connectivity index (χ1n) is 6.56. The maximum atomic E-state index is 9.59. The average molecular weight is 218 g/mol. The zero-order chi connectivity index (χ0) is 11.2. The third-order valence-corrected chi connectivity index (χ3v) is 3.67. The van der Waals surface area contributed by atoms with Gasteiger partial charge in [-0.3, -0.25) is 0 Å². The van der Waals surface area contributed by atoms with Gasteiger partial charge in [-0.25, -0.2) is 0 Å². The molecule has 16 heavy (non-hydrogen) atoms. The van der Waals surface area contributed by atoms with Crippen LogP contribution in [0.4, 0.5) is 0 Å². The van der Waals surface area contributed by atoms with E-state index in [9.17, 15) is 5.11 Å². The van der Waals surface area contributed by atoms with E-state index in [0.29, 0.717) is 0 Å². The van der Waals surface area contributed by atoms with Crippen LogP contribution in [-0.2, 0) is 6.42 Å². The van der Waals surface area contributed by atoms with Gasteiger partial charge >= 0.3 is 0 Å². The molecule has 1 aromatic rings. The lowest BCUT2D eigenvalue weighted by molar-refractivity contribution is 0.134. The number of rotatable bonds is 2. The Kier molecular flexibility index (Phi) is 4.41. The predicted molar refractivity (Wildman–Crippen MR) is 67.3 cm³/mol. The quantitative estimate of drug-likeness (QED) is 0.804. The van der Waals surface area contributed by atoms with E-state index in [0.717, 1.165) is 18.8 Å². The number of aliphatic hydroxyl groups excluding tert-OH is 1. The van der Waals surface area contributed by atoms with Crippen molar-refractivity contribution in [1.29, 1.82) is 0 Å². The van der Waals surface area contributed by atoms with Crippen LogP contribution in [-0.4, -0.2) is 11.2 Å². The first kappa shape index (κ1) is 11.7. The molecule has 1 aromatic carbocycles. The van der Waals surface area contributed by atoms with E-state index < -0.39 is 0 Å². The van der Waals surface area contributed by atoms with Crippen LogP contribution in [0.5, 0.6) is 0 Å². The zero-order valence-corrected chi connectivity index (χ0v) is 9.94. The summed E-state index contributed by atoms with van der Waals surface area (Å²) in [4.78, 5) is 0. The van der Waals surface area contributed by atoms with Crippen molar-refractivity contribution in [3.05, 3.63) is 35.9 Å². The molecule has 88 valence electrons. The van der Waals surface area contributed by atoms with Crippen LogP contribution in [0.15, 0.2) is 30.3 Å². The van der Waals surface area contributed by atoms with Crippen molar-refractivity contribution in [3.63, 3.8) is 0 Å². The van der Waals surface area contributed by atoms with Gasteiger partial charge in [-0.05, 0) is 30.7 Å². The third kappa shape index (κ3) is 3.64. The summed E-state index contributed by atoms with van der Waals surface area (Å²) in [6, 6.07) is 10.8. The fourth-order valence-corrected chi connectivity index (χ4v) is 2.72. The molecule has 1 N–H and O–H groups in total. The SMILES string of the molecule is OC1CCCC(Cc2ccccc2)CCC1. The minimum absolute atomic E-state index is 0.0299. The second kappa shape index (κ2) is 6.05. The van der Waals surface area contributed by atoms with Gasteiger partial charge in [-0.15, -0.1) is 0 Å². The van der Waals surface area contributed by atoms with Crippen LogP contribution in [0.2, 0.25) is 0 Å². The topological polar surface area (TPSA) is 20.2 Å². The van der Waals surface area contributed by atoms with Crippen molar-refractivity contribution < 1.29 is 5.11 Å². The van der Waals surface area contributed by atoms with E-state index in [1.807, 2.05) is 0 Å². The minimum Gasteiger partial charge on any atom is -0.393 e. The Morgan fingerprint density at radius 2 is 1.56 bits per heavy atom. The molecule has 0 atom stereocenters. The molecule has 0 spiro atoms. The van der Waals surface area contributed by atoms with Gasteiger partial charge in [0.2, 0.25) is 0 Å². The molecule has 1 heteroatoms. The summed E-state index contributed by atoms with van der Waals surface area (Å²) in [5.41, 5.74) is 1.47. The Labute approximate surface area is 98.5 Å². The Balaban J connectivity index is 1.85. The van der Waals surface area contributed by atoms with Gasteiger partial charge in [0.1, 0.15) is 0 Å². The predicted octanol–water partition coefficient (Wildman–Crippen LogP) is 3.56. The lowest BCUT2D eigenvalue weighted by Crippen LogP contribution is -2.14. The summed E-state index contributed by atoms with van der Waals surface area (Å²) in [6.07, 6.45) is 8.15. The fourth-order valence-electron chi connectivity index (χ4n) is 2.72. The van der Waals surface area contributed by atoms with Crippen molar-refractivity contribution in [2.75, 3.05) is 0 Å². The summed E-state index contributed by atoms with van der Waals surface area (Å²) < 4.78 is 0.